The maximum absolute atomic E-state index is 12.1. The van der Waals surface area contributed by atoms with Crippen molar-refractivity contribution in [3.63, 3.8) is 0 Å². The van der Waals surface area contributed by atoms with Gasteiger partial charge in [-0.2, -0.15) is 8.78 Å². The number of hydrogen-bond donors (Lipinski definition) is 2. The molecular formula is C16H14F2N4O2S2. The van der Waals surface area contributed by atoms with Gasteiger partial charge in [0.2, 0.25) is 11.1 Å². The second-order valence-electron chi connectivity index (χ2n) is 5.06. The van der Waals surface area contributed by atoms with Crippen LogP contribution in [0.4, 0.5) is 14.5 Å². The molecule has 0 spiro atoms. The largest absolute Gasteiger partial charge is 0.435 e. The molecule has 0 unspecified atom stereocenters. The summed E-state index contributed by atoms with van der Waals surface area (Å²) >= 11 is 2.85. The van der Waals surface area contributed by atoms with E-state index in [1.165, 1.54) is 40.9 Å². The molecule has 0 radical (unpaired) electrons. The molecule has 6 nitrogen and oxygen atoms in total. The summed E-state index contributed by atoms with van der Waals surface area (Å²) in [4.78, 5) is 17.5. The number of rotatable bonds is 8. The Morgan fingerprint density at radius 1 is 1.31 bits per heavy atom. The maximum Gasteiger partial charge on any atom is 0.387 e. The number of thioether (sulfide) groups is 1. The first-order valence-corrected chi connectivity index (χ1v) is 9.36. The number of nitrogens with one attached hydrogen (secondary N) is 2. The van der Waals surface area contributed by atoms with Crippen LogP contribution in [-0.2, 0) is 11.2 Å². The molecule has 0 atom stereocenters. The first-order valence-electron chi connectivity index (χ1n) is 7.49. The lowest BCUT2D eigenvalue weighted by Gasteiger charge is -2.07. The fraction of sp³-hybridized carbons (Fsp3) is 0.188. The number of carbonyl (C=O) groups excluding carboxylic acids is 1. The van der Waals surface area contributed by atoms with Gasteiger partial charge in [0.1, 0.15) is 11.6 Å². The smallest absolute Gasteiger partial charge is 0.387 e. The molecule has 1 aromatic carbocycles. The van der Waals surface area contributed by atoms with Crippen LogP contribution in [-0.4, -0.2) is 33.5 Å². The molecule has 2 aromatic heterocycles. The number of ether oxygens (including phenoxy) is 1. The second kappa shape index (κ2) is 8.77. The van der Waals surface area contributed by atoms with Crippen LogP contribution in [0.25, 0.3) is 0 Å². The van der Waals surface area contributed by atoms with Gasteiger partial charge in [0, 0.05) is 17.0 Å². The Morgan fingerprint density at radius 3 is 2.81 bits per heavy atom. The summed E-state index contributed by atoms with van der Waals surface area (Å²) < 4.78 is 28.4. The van der Waals surface area contributed by atoms with E-state index in [0.717, 1.165) is 5.82 Å². The predicted molar refractivity (Wildman–Crippen MR) is 95.9 cm³/mol. The van der Waals surface area contributed by atoms with E-state index < -0.39 is 6.61 Å². The van der Waals surface area contributed by atoms with Crippen molar-refractivity contribution in [2.45, 2.75) is 18.2 Å². The third-order valence-corrected chi connectivity index (χ3v) is 4.85. The fourth-order valence-corrected chi connectivity index (χ4v) is 3.37. The van der Waals surface area contributed by atoms with Crippen LogP contribution in [0.1, 0.15) is 10.7 Å². The van der Waals surface area contributed by atoms with Gasteiger partial charge in [-0.25, -0.2) is 4.98 Å². The van der Waals surface area contributed by atoms with Crippen LogP contribution in [0, 0.1) is 0 Å². The summed E-state index contributed by atoms with van der Waals surface area (Å²) in [6.45, 7) is -2.88. The Balaban J connectivity index is 1.46. The number of carbonyl (C=O) groups is 1. The zero-order chi connectivity index (χ0) is 18.4. The summed E-state index contributed by atoms with van der Waals surface area (Å²) in [6.07, 6.45) is 0.671. The standard InChI is InChI=1S/C16H14F2N4O2S2/c17-15(18)24-11-5-3-10(4-6-11)19-14(23)9-26-16-20-13(21-22-16)8-12-2-1-7-25-12/h1-7,15H,8-9H2,(H,19,23)(H,20,21,22). The molecule has 2 N–H and O–H groups in total. The molecule has 3 rings (SSSR count). The lowest BCUT2D eigenvalue weighted by molar-refractivity contribution is -0.113. The number of nitrogens with zero attached hydrogens (tertiary/aromatic N) is 2. The number of anilines is 1. The first-order chi connectivity index (χ1) is 12.6. The zero-order valence-electron chi connectivity index (χ0n) is 13.3. The van der Waals surface area contributed by atoms with Crippen molar-refractivity contribution in [1.82, 2.24) is 15.2 Å². The normalized spacial score (nSPS) is 10.9. The topological polar surface area (TPSA) is 79.9 Å². The average molecular weight is 396 g/mol. The van der Waals surface area contributed by atoms with Crippen molar-refractivity contribution < 1.29 is 18.3 Å². The van der Waals surface area contributed by atoms with Gasteiger partial charge in [0.15, 0.2) is 0 Å². The highest BCUT2D eigenvalue weighted by Gasteiger charge is 2.09. The van der Waals surface area contributed by atoms with E-state index in [2.05, 4.69) is 25.2 Å². The van der Waals surface area contributed by atoms with Gasteiger partial charge in [-0.3, -0.25) is 9.89 Å². The Kier molecular flexibility index (Phi) is 6.18. The molecule has 0 fully saturated rings. The molecule has 0 aliphatic heterocycles. The molecule has 10 heteroatoms. The summed E-state index contributed by atoms with van der Waals surface area (Å²) in [6, 6.07) is 9.70. The molecule has 0 saturated heterocycles. The first kappa shape index (κ1) is 18.3. The minimum absolute atomic E-state index is 0.0337. The number of hydrogen-bond acceptors (Lipinski definition) is 6. The fourth-order valence-electron chi connectivity index (χ4n) is 2.05. The number of halogens is 2. The Morgan fingerprint density at radius 2 is 2.12 bits per heavy atom. The van der Waals surface area contributed by atoms with Gasteiger partial charge in [-0.1, -0.05) is 17.8 Å². The van der Waals surface area contributed by atoms with Gasteiger partial charge in [0.25, 0.3) is 0 Å². The van der Waals surface area contributed by atoms with Gasteiger partial charge in [-0.05, 0) is 35.7 Å². The van der Waals surface area contributed by atoms with E-state index in [-0.39, 0.29) is 17.4 Å². The Hall–Kier alpha value is -2.46. The van der Waals surface area contributed by atoms with E-state index in [0.29, 0.717) is 17.3 Å². The molecule has 0 aliphatic carbocycles. The number of aromatic amines is 1. The lowest BCUT2D eigenvalue weighted by Crippen LogP contribution is -2.14. The number of H-pyrrole nitrogens is 1. The van der Waals surface area contributed by atoms with E-state index >= 15 is 0 Å². The summed E-state index contributed by atoms with van der Waals surface area (Å²) in [5.41, 5.74) is 0.491. The SMILES string of the molecule is O=C(CSc1n[nH]c(Cc2cccs2)n1)Nc1ccc(OC(F)F)cc1. The van der Waals surface area contributed by atoms with Crippen LogP contribution < -0.4 is 10.1 Å². The van der Waals surface area contributed by atoms with Crippen LogP contribution in [0.15, 0.2) is 46.9 Å². The number of aromatic nitrogens is 3. The molecule has 136 valence electrons. The van der Waals surface area contributed by atoms with Crippen molar-refractivity contribution in [3.8, 4) is 5.75 Å². The van der Waals surface area contributed by atoms with Crippen LogP contribution in [0.3, 0.4) is 0 Å². The van der Waals surface area contributed by atoms with Crippen molar-refractivity contribution in [1.29, 1.82) is 0 Å². The van der Waals surface area contributed by atoms with E-state index in [4.69, 9.17) is 0 Å². The van der Waals surface area contributed by atoms with Gasteiger partial charge < -0.3 is 10.1 Å². The number of alkyl halides is 2. The molecule has 0 aliphatic rings. The Bertz CT molecular complexity index is 838. The molecular weight excluding hydrogens is 382 g/mol. The highest BCUT2D eigenvalue weighted by Crippen LogP contribution is 2.19. The van der Waals surface area contributed by atoms with Crippen molar-refractivity contribution >= 4 is 34.7 Å². The number of thiophene rings is 1. The second-order valence-corrected chi connectivity index (χ2v) is 7.04. The quantitative estimate of drug-likeness (QED) is 0.567. The number of benzene rings is 1. The Labute approximate surface area is 156 Å². The molecule has 0 bridgehead atoms. The molecule has 3 aromatic rings. The summed E-state index contributed by atoms with van der Waals surface area (Å²) in [7, 11) is 0. The minimum Gasteiger partial charge on any atom is -0.435 e. The third kappa shape index (κ3) is 5.53. The molecule has 2 heterocycles. The molecule has 26 heavy (non-hydrogen) atoms. The third-order valence-electron chi connectivity index (χ3n) is 3.13. The van der Waals surface area contributed by atoms with Gasteiger partial charge in [-0.15, -0.1) is 16.4 Å². The summed E-state index contributed by atoms with van der Waals surface area (Å²) in [5, 5.41) is 12.1. The van der Waals surface area contributed by atoms with Crippen LogP contribution in [0.5, 0.6) is 5.75 Å². The predicted octanol–water partition coefficient (Wildman–Crippen LogP) is 3.79. The maximum atomic E-state index is 12.1. The van der Waals surface area contributed by atoms with Crippen LogP contribution in [0.2, 0.25) is 0 Å². The highest BCUT2D eigenvalue weighted by molar-refractivity contribution is 7.99. The van der Waals surface area contributed by atoms with Crippen molar-refractivity contribution in [3.05, 3.63) is 52.5 Å². The zero-order valence-corrected chi connectivity index (χ0v) is 14.9. The van der Waals surface area contributed by atoms with E-state index in [1.807, 2.05) is 17.5 Å². The van der Waals surface area contributed by atoms with Gasteiger partial charge >= 0.3 is 6.61 Å². The lowest BCUT2D eigenvalue weighted by atomic mass is 10.3. The van der Waals surface area contributed by atoms with E-state index in [9.17, 15) is 13.6 Å². The van der Waals surface area contributed by atoms with Crippen LogP contribution >= 0.6 is 23.1 Å². The average Bonchev–Trinajstić information content (AvgIpc) is 3.27. The van der Waals surface area contributed by atoms with Crippen molar-refractivity contribution in [2.75, 3.05) is 11.1 Å². The minimum atomic E-state index is -2.88. The van der Waals surface area contributed by atoms with E-state index in [1.54, 1.807) is 11.3 Å². The monoisotopic (exact) mass is 396 g/mol. The highest BCUT2D eigenvalue weighted by atomic mass is 32.2. The molecule has 1 amide bonds. The van der Waals surface area contributed by atoms with Crippen molar-refractivity contribution in [2.24, 2.45) is 0 Å². The number of amides is 1. The summed E-state index contributed by atoms with van der Waals surface area (Å²) in [5.74, 6) is 0.657. The molecule has 0 saturated carbocycles. The van der Waals surface area contributed by atoms with Gasteiger partial charge in [0.05, 0.1) is 5.75 Å².